The van der Waals surface area contributed by atoms with Crippen molar-refractivity contribution in [1.82, 2.24) is 4.90 Å². The van der Waals surface area contributed by atoms with E-state index in [1.54, 1.807) is 14.2 Å². The van der Waals surface area contributed by atoms with E-state index in [4.69, 9.17) is 9.47 Å². The Balaban J connectivity index is 1.64. The lowest BCUT2D eigenvalue weighted by Gasteiger charge is -2.45. The highest BCUT2D eigenvalue weighted by atomic mass is 16.5. The number of hydrogen-bond acceptors (Lipinski definition) is 4. The summed E-state index contributed by atoms with van der Waals surface area (Å²) in [4.78, 5) is 18.3. The molecule has 2 heterocycles. The van der Waals surface area contributed by atoms with E-state index in [1.165, 1.54) is 6.42 Å². The molecule has 0 atom stereocenters. The molecule has 0 aromatic heterocycles. The summed E-state index contributed by atoms with van der Waals surface area (Å²) in [6.45, 7) is 3.38. The average molecular weight is 409 g/mol. The van der Waals surface area contributed by atoms with Crippen LogP contribution in [-0.4, -0.2) is 51.2 Å². The molecule has 4 rings (SSSR count). The highest BCUT2D eigenvalue weighted by Crippen LogP contribution is 2.41. The Kier molecular flexibility index (Phi) is 6.16. The summed E-state index contributed by atoms with van der Waals surface area (Å²) >= 11 is 0. The Labute approximate surface area is 179 Å². The first-order valence-corrected chi connectivity index (χ1v) is 11.0. The predicted molar refractivity (Wildman–Crippen MR) is 120 cm³/mol. The van der Waals surface area contributed by atoms with Gasteiger partial charge in [-0.3, -0.25) is 4.79 Å². The number of nitrogens with zero attached hydrogens (tertiary/aromatic N) is 2. The molecule has 30 heavy (non-hydrogen) atoms. The molecular formula is C25H32N2O3. The van der Waals surface area contributed by atoms with Gasteiger partial charge in [-0.05, 0) is 61.9 Å². The first-order chi connectivity index (χ1) is 14.7. The highest BCUT2D eigenvalue weighted by molar-refractivity contribution is 5.89. The van der Waals surface area contributed by atoms with Crippen LogP contribution >= 0.6 is 0 Å². The van der Waals surface area contributed by atoms with Crippen LogP contribution in [0, 0.1) is 0 Å². The molecule has 2 saturated heterocycles. The van der Waals surface area contributed by atoms with Crippen LogP contribution in [0.3, 0.4) is 0 Å². The summed E-state index contributed by atoms with van der Waals surface area (Å²) in [5, 5.41) is 0. The van der Waals surface area contributed by atoms with Crippen molar-refractivity contribution in [3.05, 3.63) is 54.1 Å². The molecular weight excluding hydrogens is 376 g/mol. The Morgan fingerprint density at radius 3 is 2.30 bits per heavy atom. The van der Waals surface area contributed by atoms with Gasteiger partial charge in [-0.15, -0.1) is 0 Å². The van der Waals surface area contributed by atoms with Gasteiger partial charge in [0.05, 0.1) is 25.3 Å². The number of methoxy groups -OCH3 is 2. The van der Waals surface area contributed by atoms with Crippen LogP contribution in [0.5, 0.6) is 11.5 Å². The summed E-state index contributed by atoms with van der Waals surface area (Å²) in [6, 6.07) is 16.2. The number of anilines is 1. The van der Waals surface area contributed by atoms with Crippen molar-refractivity contribution in [2.45, 2.75) is 37.5 Å². The van der Waals surface area contributed by atoms with Gasteiger partial charge >= 0.3 is 0 Å². The van der Waals surface area contributed by atoms with Gasteiger partial charge in [-0.25, -0.2) is 0 Å². The minimum absolute atomic E-state index is 0.287. The van der Waals surface area contributed by atoms with E-state index in [1.807, 2.05) is 30.3 Å². The predicted octanol–water partition coefficient (Wildman–Crippen LogP) is 4.25. The van der Waals surface area contributed by atoms with Crippen LogP contribution in [0.1, 0.15) is 37.7 Å². The largest absolute Gasteiger partial charge is 0.497 e. The Hall–Kier alpha value is -2.69. The molecule has 2 aliphatic heterocycles. The number of piperidine rings is 2. The normalized spacial score (nSPS) is 18.7. The van der Waals surface area contributed by atoms with Gasteiger partial charge in [-0.2, -0.15) is 0 Å². The van der Waals surface area contributed by atoms with Crippen LogP contribution in [0.25, 0.3) is 0 Å². The maximum Gasteiger partial charge on any atom is 0.233 e. The van der Waals surface area contributed by atoms with E-state index in [0.717, 1.165) is 74.6 Å². The van der Waals surface area contributed by atoms with Crippen molar-refractivity contribution >= 4 is 11.6 Å². The van der Waals surface area contributed by atoms with Crippen LogP contribution < -0.4 is 14.4 Å². The van der Waals surface area contributed by atoms with Crippen LogP contribution in [-0.2, 0) is 10.2 Å². The number of amides is 1. The second kappa shape index (κ2) is 8.99. The molecule has 160 valence electrons. The molecule has 0 spiro atoms. The van der Waals surface area contributed by atoms with E-state index in [-0.39, 0.29) is 5.91 Å². The number of para-hydroxylation sites is 2. The zero-order valence-electron chi connectivity index (χ0n) is 18.1. The second-order valence-electron chi connectivity index (χ2n) is 8.33. The molecule has 2 aliphatic rings. The molecule has 0 unspecified atom stereocenters. The Morgan fingerprint density at radius 1 is 0.867 bits per heavy atom. The monoisotopic (exact) mass is 408 g/mol. The van der Waals surface area contributed by atoms with E-state index in [2.05, 4.69) is 28.0 Å². The maximum atomic E-state index is 13.9. The number of carbonyl (C=O) groups excluding carboxylic acids is 1. The molecule has 0 radical (unpaired) electrons. The van der Waals surface area contributed by atoms with Crippen LogP contribution in [0.15, 0.2) is 48.5 Å². The SMILES string of the molecule is COc1cccc(C2(C(=O)N3CCCCC3)CCN(c3ccccc3OC)CC2)c1. The van der Waals surface area contributed by atoms with Crippen LogP contribution in [0.4, 0.5) is 5.69 Å². The first kappa shape index (κ1) is 20.6. The van der Waals surface area contributed by atoms with Gasteiger partial charge in [-0.1, -0.05) is 24.3 Å². The molecule has 5 heteroatoms. The molecule has 0 N–H and O–H groups in total. The van der Waals surface area contributed by atoms with Gasteiger partial charge in [0, 0.05) is 26.2 Å². The number of carbonyl (C=O) groups is 1. The fraction of sp³-hybridized carbons (Fsp3) is 0.480. The lowest BCUT2D eigenvalue weighted by atomic mass is 9.71. The molecule has 2 aromatic carbocycles. The van der Waals surface area contributed by atoms with Gasteiger partial charge in [0.15, 0.2) is 0 Å². The third kappa shape index (κ3) is 3.85. The summed E-state index contributed by atoms with van der Waals surface area (Å²) in [5.41, 5.74) is 1.69. The third-order valence-electron chi connectivity index (χ3n) is 6.72. The topological polar surface area (TPSA) is 42.0 Å². The summed E-state index contributed by atoms with van der Waals surface area (Å²) < 4.78 is 11.1. The maximum absolute atomic E-state index is 13.9. The molecule has 0 saturated carbocycles. The van der Waals surface area contributed by atoms with Crippen molar-refractivity contribution in [3.8, 4) is 11.5 Å². The second-order valence-corrected chi connectivity index (χ2v) is 8.33. The van der Waals surface area contributed by atoms with Crippen molar-refractivity contribution in [2.24, 2.45) is 0 Å². The molecule has 2 fully saturated rings. The number of hydrogen-bond donors (Lipinski definition) is 0. The average Bonchev–Trinajstić information content (AvgIpc) is 2.84. The number of rotatable bonds is 5. The number of likely N-dealkylation sites (tertiary alicyclic amines) is 1. The van der Waals surface area contributed by atoms with E-state index in [0.29, 0.717) is 0 Å². The number of ether oxygens (including phenoxy) is 2. The Bertz CT molecular complexity index is 868. The van der Waals surface area contributed by atoms with E-state index < -0.39 is 5.41 Å². The summed E-state index contributed by atoms with van der Waals surface area (Å²) in [7, 11) is 3.39. The zero-order valence-corrected chi connectivity index (χ0v) is 18.1. The summed E-state index contributed by atoms with van der Waals surface area (Å²) in [5.74, 6) is 1.98. The van der Waals surface area contributed by atoms with Crippen LogP contribution in [0.2, 0.25) is 0 Å². The lowest BCUT2D eigenvalue weighted by molar-refractivity contribution is -0.139. The number of benzene rings is 2. The fourth-order valence-electron chi connectivity index (χ4n) is 4.97. The minimum Gasteiger partial charge on any atom is -0.497 e. The van der Waals surface area contributed by atoms with E-state index >= 15 is 0 Å². The Morgan fingerprint density at radius 2 is 1.60 bits per heavy atom. The molecule has 0 aliphatic carbocycles. The van der Waals surface area contributed by atoms with Crippen molar-refractivity contribution in [3.63, 3.8) is 0 Å². The van der Waals surface area contributed by atoms with Gasteiger partial charge in [0.25, 0.3) is 0 Å². The van der Waals surface area contributed by atoms with Crippen molar-refractivity contribution in [1.29, 1.82) is 0 Å². The van der Waals surface area contributed by atoms with Crippen molar-refractivity contribution in [2.75, 3.05) is 45.3 Å². The molecule has 2 aromatic rings. The standard InChI is InChI=1S/C25H32N2O3/c1-29-21-10-8-9-20(19-21)25(24(28)27-15-6-3-7-16-27)13-17-26(18-14-25)22-11-4-5-12-23(22)30-2/h4-5,8-12,19H,3,6-7,13-18H2,1-2H3. The summed E-state index contributed by atoms with van der Waals surface area (Å²) in [6.07, 6.45) is 5.00. The van der Waals surface area contributed by atoms with Gasteiger partial charge in [0.2, 0.25) is 5.91 Å². The first-order valence-electron chi connectivity index (χ1n) is 11.0. The highest BCUT2D eigenvalue weighted by Gasteiger charge is 2.45. The smallest absolute Gasteiger partial charge is 0.233 e. The minimum atomic E-state index is -0.496. The molecule has 1 amide bonds. The van der Waals surface area contributed by atoms with Crippen molar-refractivity contribution < 1.29 is 14.3 Å². The fourth-order valence-corrected chi connectivity index (χ4v) is 4.97. The third-order valence-corrected chi connectivity index (χ3v) is 6.72. The zero-order chi connectivity index (χ0) is 21.0. The lowest BCUT2D eigenvalue weighted by Crippen LogP contribution is -2.54. The molecule has 0 bridgehead atoms. The van der Waals surface area contributed by atoms with E-state index in [9.17, 15) is 4.79 Å². The van der Waals surface area contributed by atoms with Gasteiger partial charge in [0.1, 0.15) is 11.5 Å². The molecule has 5 nitrogen and oxygen atoms in total. The van der Waals surface area contributed by atoms with Gasteiger partial charge < -0.3 is 19.3 Å². The quantitative estimate of drug-likeness (QED) is 0.742.